The molecular formula is C12H23NOS. The Morgan fingerprint density at radius 2 is 1.73 bits per heavy atom. The predicted molar refractivity (Wildman–Crippen MR) is 67.5 cm³/mol. The Bertz CT molecular complexity index is 196. The monoisotopic (exact) mass is 229 g/mol. The van der Waals surface area contributed by atoms with Gasteiger partial charge in [-0.1, -0.05) is 13.8 Å². The SMILES string of the molecule is CCN(CC)C1CCC(C(=O)CS)CC1. The van der Waals surface area contributed by atoms with Crippen molar-refractivity contribution in [3.63, 3.8) is 0 Å². The van der Waals surface area contributed by atoms with Gasteiger partial charge in [-0.3, -0.25) is 4.79 Å². The van der Waals surface area contributed by atoms with Gasteiger partial charge in [0, 0.05) is 17.7 Å². The molecule has 1 fully saturated rings. The largest absolute Gasteiger partial charge is 0.301 e. The van der Waals surface area contributed by atoms with Crippen molar-refractivity contribution in [2.45, 2.75) is 45.6 Å². The van der Waals surface area contributed by atoms with Crippen molar-refractivity contribution in [2.75, 3.05) is 18.8 Å². The van der Waals surface area contributed by atoms with Gasteiger partial charge in [-0.15, -0.1) is 0 Å². The van der Waals surface area contributed by atoms with E-state index in [-0.39, 0.29) is 0 Å². The highest BCUT2D eigenvalue weighted by Gasteiger charge is 2.27. The summed E-state index contributed by atoms with van der Waals surface area (Å²) < 4.78 is 0. The van der Waals surface area contributed by atoms with Gasteiger partial charge >= 0.3 is 0 Å². The second kappa shape index (κ2) is 6.54. The molecule has 0 unspecified atom stereocenters. The number of hydrogen-bond donors (Lipinski definition) is 1. The Morgan fingerprint density at radius 1 is 1.20 bits per heavy atom. The first-order valence-electron chi connectivity index (χ1n) is 6.10. The number of carbonyl (C=O) groups is 1. The quantitative estimate of drug-likeness (QED) is 0.731. The van der Waals surface area contributed by atoms with Crippen molar-refractivity contribution >= 4 is 18.4 Å². The highest BCUT2D eigenvalue weighted by molar-refractivity contribution is 7.81. The second-order valence-corrected chi connectivity index (χ2v) is 4.67. The number of nitrogens with zero attached hydrogens (tertiary/aromatic N) is 1. The summed E-state index contributed by atoms with van der Waals surface area (Å²) in [6.07, 6.45) is 4.51. The van der Waals surface area contributed by atoms with Gasteiger partial charge in [-0.05, 0) is 38.8 Å². The van der Waals surface area contributed by atoms with E-state index in [4.69, 9.17) is 0 Å². The molecule has 2 nitrogen and oxygen atoms in total. The number of carbonyl (C=O) groups excluding carboxylic acids is 1. The summed E-state index contributed by atoms with van der Waals surface area (Å²) >= 11 is 4.07. The fourth-order valence-corrected chi connectivity index (χ4v) is 2.89. The molecule has 0 radical (unpaired) electrons. The Balaban J connectivity index is 2.38. The van der Waals surface area contributed by atoms with Crippen LogP contribution in [0.5, 0.6) is 0 Å². The summed E-state index contributed by atoms with van der Waals surface area (Å²) in [5.74, 6) is 1.06. The minimum Gasteiger partial charge on any atom is -0.301 e. The molecule has 0 bridgehead atoms. The van der Waals surface area contributed by atoms with Crippen LogP contribution in [0.1, 0.15) is 39.5 Å². The third-order valence-corrected chi connectivity index (χ3v) is 3.95. The molecule has 3 heteroatoms. The number of ketones is 1. The van der Waals surface area contributed by atoms with Crippen LogP contribution in [0.2, 0.25) is 0 Å². The number of rotatable bonds is 5. The van der Waals surface area contributed by atoms with Crippen LogP contribution in [-0.2, 0) is 4.79 Å². The van der Waals surface area contributed by atoms with Crippen molar-refractivity contribution in [3.8, 4) is 0 Å². The minimum absolute atomic E-state index is 0.300. The summed E-state index contributed by atoms with van der Waals surface area (Å²) in [7, 11) is 0. The van der Waals surface area contributed by atoms with Gasteiger partial charge in [0.2, 0.25) is 0 Å². The van der Waals surface area contributed by atoms with Crippen LogP contribution >= 0.6 is 12.6 Å². The Morgan fingerprint density at radius 3 is 2.13 bits per heavy atom. The molecule has 0 amide bonds. The summed E-state index contributed by atoms with van der Waals surface area (Å²) in [5.41, 5.74) is 0. The molecule has 1 aliphatic rings. The third kappa shape index (κ3) is 3.49. The van der Waals surface area contributed by atoms with Gasteiger partial charge < -0.3 is 4.90 Å². The molecule has 0 aromatic carbocycles. The molecule has 0 aromatic heterocycles. The zero-order valence-electron chi connectivity index (χ0n) is 9.91. The normalized spacial score (nSPS) is 26.9. The van der Waals surface area contributed by atoms with Crippen LogP contribution in [-0.4, -0.2) is 35.6 Å². The number of hydrogen-bond acceptors (Lipinski definition) is 3. The van der Waals surface area contributed by atoms with Crippen LogP contribution in [0.15, 0.2) is 0 Å². The van der Waals surface area contributed by atoms with Crippen molar-refractivity contribution < 1.29 is 4.79 Å². The highest BCUT2D eigenvalue weighted by Crippen LogP contribution is 2.28. The topological polar surface area (TPSA) is 20.3 Å². The van der Waals surface area contributed by atoms with Crippen molar-refractivity contribution in [2.24, 2.45) is 5.92 Å². The van der Waals surface area contributed by atoms with Gasteiger partial charge in [0.1, 0.15) is 5.78 Å². The van der Waals surface area contributed by atoms with Gasteiger partial charge in [-0.2, -0.15) is 12.6 Å². The van der Waals surface area contributed by atoms with Gasteiger partial charge in [0.25, 0.3) is 0 Å². The van der Waals surface area contributed by atoms with E-state index in [2.05, 4.69) is 31.4 Å². The molecule has 0 spiro atoms. The summed E-state index contributed by atoms with van der Waals surface area (Å²) in [6.45, 7) is 6.70. The summed E-state index contributed by atoms with van der Waals surface area (Å²) in [4.78, 5) is 14.0. The maximum Gasteiger partial charge on any atom is 0.145 e. The van der Waals surface area contributed by atoms with Gasteiger partial charge in [0.15, 0.2) is 0 Å². The van der Waals surface area contributed by atoms with Crippen LogP contribution < -0.4 is 0 Å². The third-order valence-electron chi connectivity index (χ3n) is 3.64. The van der Waals surface area contributed by atoms with E-state index in [9.17, 15) is 4.79 Å². The van der Waals surface area contributed by atoms with Crippen LogP contribution in [0.25, 0.3) is 0 Å². The molecule has 0 atom stereocenters. The molecule has 1 aliphatic carbocycles. The van der Waals surface area contributed by atoms with E-state index in [1.54, 1.807) is 0 Å². The molecule has 88 valence electrons. The standard InChI is InChI=1S/C12H23NOS/c1-3-13(4-2)11-7-5-10(6-8-11)12(14)9-15/h10-11,15H,3-9H2,1-2H3. The lowest BCUT2D eigenvalue weighted by Crippen LogP contribution is -2.39. The first-order chi connectivity index (χ1) is 7.22. The molecule has 1 saturated carbocycles. The van der Waals surface area contributed by atoms with Crippen molar-refractivity contribution in [3.05, 3.63) is 0 Å². The number of thiol groups is 1. The van der Waals surface area contributed by atoms with Crippen LogP contribution in [0, 0.1) is 5.92 Å². The zero-order valence-corrected chi connectivity index (χ0v) is 10.8. The molecular weight excluding hydrogens is 206 g/mol. The lowest BCUT2D eigenvalue weighted by Gasteiger charge is -2.35. The van der Waals surface area contributed by atoms with E-state index in [0.29, 0.717) is 23.5 Å². The van der Waals surface area contributed by atoms with E-state index in [1.165, 1.54) is 12.8 Å². The molecule has 15 heavy (non-hydrogen) atoms. The van der Waals surface area contributed by atoms with E-state index >= 15 is 0 Å². The van der Waals surface area contributed by atoms with E-state index in [0.717, 1.165) is 25.9 Å². The smallest absolute Gasteiger partial charge is 0.145 e. The zero-order chi connectivity index (χ0) is 11.3. The lowest BCUT2D eigenvalue weighted by molar-refractivity contribution is -0.121. The average molecular weight is 229 g/mol. The molecule has 0 heterocycles. The Hall–Kier alpha value is -0.0200. The molecule has 0 saturated heterocycles. The Labute approximate surface area is 98.8 Å². The second-order valence-electron chi connectivity index (χ2n) is 4.35. The van der Waals surface area contributed by atoms with E-state index in [1.807, 2.05) is 0 Å². The average Bonchev–Trinajstić information content (AvgIpc) is 2.30. The fourth-order valence-electron chi connectivity index (χ4n) is 2.63. The van der Waals surface area contributed by atoms with Gasteiger partial charge in [0.05, 0.1) is 0 Å². The maximum absolute atomic E-state index is 11.5. The summed E-state index contributed by atoms with van der Waals surface area (Å²) in [6, 6.07) is 0.712. The maximum atomic E-state index is 11.5. The Kier molecular flexibility index (Phi) is 5.69. The van der Waals surface area contributed by atoms with Gasteiger partial charge in [-0.25, -0.2) is 0 Å². The summed E-state index contributed by atoms with van der Waals surface area (Å²) in [5, 5.41) is 0. The number of Topliss-reactive ketones (excluding diaryl/α,β-unsaturated/α-hetero) is 1. The van der Waals surface area contributed by atoms with Crippen LogP contribution in [0.3, 0.4) is 0 Å². The molecule has 1 rings (SSSR count). The van der Waals surface area contributed by atoms with Crippen molar-refractivity contribution in [1.29, 1.82) is 0 Å². The molecule has 0 N–H and O–H groups in total. The highest BCUT2D eigenvalue weighted by atomic mass is 32.1. The lowest BCUT2D eigenvalue weighted by atomic mass is 9.83. The van der Waals surface area contributed by atoms with Crippen LogP contribution in [0.4, 0.5) is 0 Å². The predicted octanol–water partition coefficient (Wildman–Crippen LogP) is 2.39. The molecule has 0 aliphatic heterocycles. The first kappa shape index (κ1) is 13.0. The minimum atomic E-state index is 0.300. The fraction of sp³-hybridized carbons (Fsp3) is 0.917. The van der Waals surface area contributed by atoms with Crippen molar-refractivity contribution in [1.82, 2.24) is 4.90 Å². The van der Waals surface area contributed by atoms with E-state index < -0.39 is 0 Å². The molecule has 0 aromatic rings. The first-order valence-corrected chi connectivity index (χ1v) is 6.73.